The fourth-order valence-corrected chi connectivity index (χ4v) is 2.68. The van der Waals surface area contributed by atoms with Crippen molar-refractivity contribution < 1.29 is 4.74 Å². The lowest BCUT2D eigenvalue weighted by molar-refractivity contribution is 0.0453. The van der Waals surface area contributed by atoms with Gasteiger partial charge in [0.25, 0.3) is 0 Å². The van der Waals surface area contributed by atoms with Crippen molar-refractivity contribution in [1.82, 2.24) is 4.90 Å². The molecule has 1 aliphatic heterocycles. The summed E-state index contributed by atoms with van der Waals surface area (Å²) in [5, 5.41) is 0. The van der Waals surface area contributed by atoms with Crippen LogP contribution in [-0.2, 0) is 4.74 Å². The highest BCUT2D eigenvalue weighted by atomic mass is 16.5. The molecule has 0 aliphatic carbocycles. The fraction of sp³-hybridized carbons (Fsp3) is 1.00. The van der Waals surface area contributed by atoms with Crippen LogP contribution < -0.4 is 5.73 Å². The Kier molecular flexibility index (Phi) is 5.58. The smallest absolute Gasteiger partial charge is 0.0503 e. The van der Waals surface area contributed by atoms with Crippen molar-refractivity contribution in [2.24, 2.45) is 11.7 Å². The largest absolute Gasteiger partial charge is 0.384 e. The number of hydrogen-bond donors (Lipinski definition) is 1. The van der Waals surface area contributed by atoms with E-state index in [-0.39, 0.29) is 0 Å². The molecule has 1 heterocycles. The van der Waals surface area contributed by atoms with Crippen molar-refractivity contribution >= 4 is 0 Å². The van der Waals surface area contributed by atoms with Gasteiger partial charge in [-0.15, -0.1) is 0 Å². The van der Waals surface area contributed by atoms with Gasteiger partial charge in [-0.05, 0) is 32.2 Å². The van der Waals surface area contributed by atoms with E-state index in [0.717, 1.165) is 13.2 Å². The van der Waals surface area contributed by atoms with Crippen LogP contribution in [0.25, 0.3) is 0 Å². The molecule has 0 aromatic carbocycles. The van der Waals surface area contributed by atoms with Crippen molar-refractivity contribution in [2.75, 3.05) is 26.8 Å². The molecule has 0 aromatic rings. The standard InChI is InChI=1S/C12H26N2O/c1-10(9-15-3)12(8-13)14-7-5-4-6-11(14)2/h10-12H,4-9,13H2,1-3H3. The van der Waals surface area contributed by atoms with E-state index in [1.165, 1.54) is 25.8 Å². The number of nitrogens with two attached hydrogens (primary N) is 1. The van der Waals surface area contributed by atoms with Gasteiger partial charge in [0.1, 0.15) is 0 Å². The SMILES string of the molecule is COCC(C)C(CN)N1CCCCC1C. The third-order valence-electron chi connectivity index (χ3n) is 3.61. The van der Waals surface area contributed by atoms with Crippen molar-refractivity contribution in [1.29, 1.82) is 0 Å². The summed E-state index contributed by atoms with van der Waals surface area (Å²) in [4.78, 5) is 2.58. The highest BCUT2D eigenvalue weighted by molar-refractivity contribution is 4.84. The maximum atomic E-state index is 5.90. The minimum atomic E-state index is 0.486. The Bertz CT molecular complexity index is 175. The molecule has 3 heteroatoms. The number of likely N-dealkylation sites (tertiary alicyclic amines) is 1. The maximum Gasteiger partial charge on any atom is 0.0503 e. The molecule has 1 aliphatic rings. The maximum absolute atomic E-state index is 5.90. The molecule has 1 saturated heterocycles. The molecule has 2 N–H and O–H groups in total. The second-order valence-corrected chi connectivity index (χ2v) is 4.82. The summed E-state index contributed by atoms with van der Waals surface area (Å²) in [6, 6.07) is 1.17. The first-order chi connectivity index (χ1) is 7.20. The van der Waals surface area contributed by atoms with Crippen LogP contribution in [0.4, 0.5) is 0 Å². The lowest BCUT2D eigenvalue weighted by Crippen LogP contribution is -2.51. The topological polar surface area (TPSA) is 38.5 Å². The summed E-state index contributed by atoms with van der Waals surface area (Å²) < 4.78 is 5.23. The van der Waals surface area contributed by atoms with Crippen LogP contribution in [0.1, 0.15) is 33.1 Å². The Morgan fingerprint density at radius 2 is 2.20 bits per heavy atom. The molecule has 1 rings (SSSR count). The molecular weight excluding hydrogens is 188 g/mol. The molecule has 0 radical (unpaired) electrons. The summed E-state index contributed by atoms with van der Waals surface area (Å²) >= 11 is 0. The summed E-state index contributed by atoms with van der Waals surface area (Å²) in [6.45, 7) is 7.32. The van der Waals surface area contributed by atoms with Gasteiger partial charge in [-0.25, -0.2) is 0 Å². The monoisotopic (exact) mass is 214 g/mol. The lowest BCUT2D eigenvalue weighted by atomic mass is 9.95. The molecule has 0 amide bonds. The van der Waals surface area contributed by atoms with Crippen LogP contribution in [-0.4, -0.2) is 43.8 Å². The second kappa shape index (κ2) is 6.46. The molecule has 3 atom stereocenters. The number of ether oxygens (including phenoxy) is 1. The molecule has 0 spiro atoms. The van der Waals surface area contributed by atoms with Gasteiger partial charge in [0.15, 0.2) is 0 Å². The Balaban J connectivity index is 2.54. The molecular formula is C12H26N2O. The summed E-state index contributed by atoms with van der Waals surface area (Å²) in [5.41, 5.74) is 5.90. The van der Waals surface area contributed by atoms with Crippen molar-refractivity contribution in [3.05, 3.63) is 0 Å². The number of rotatable bonds is 5. The van der Waals surface area contributed by atoms with E-state index in [2.05, 4.69) is 18.7 Å². The van der Waals surface area contributed by atoms with E-state index >= 15 is 0 Å². The van der Waals surface area contributed by atoms with Gasteiger partial charge >= 0.3 is 0 Å². The average Bonchev–Trinajstić information content (AvgIpc) is 2.22. The van der Waals surface area contributed by atoms with Gasteiger partial charge in [0.2, 0.25) is 0 Å². The van der Waals surface area contributed by atoms with Gasteiger partial charge in [-0.1, -0.05) is 13.3 Å². The Morgan fingerprint density at radius 1 is 1.47 bits per heavy atom. The van der Waals surface area contributed by atoms with Crippen LogP contribution in [0, 0.1) is 5.92 Å². The second-order valence-electron chi connectivity index (χ2n) is 4.82. The van der Waals surface area contributed by atoms with Crippen LogP contribution in [0.5, 0.6) is 0 Å². The van der Waals surface area contributed by atoms with E-state index < -0.39 is 0 Å². The number of methoxy groups -OCH3 is 1. The van der Waals surface area contributed by atoms with Crippen LogP contribution in [0.2, 0.25) is 0 Å². The fourth-order valence-electron chi connectivity index (χ4n) is 2.68. The molecule has 1 fully saturated rings. The predicted molar refractivity (Wildman–Crippen MR) is 63.9 cm³/mol. The highest BCUT2D eigenvalue weighted by Crippen LogP contribution is 2.22. The van der Waals surface area contributed by atoms with Gasteiger partial charge in [-0.2, -0.15) is 0 Å². The summed E-state index contributed by atoms with van der Waals surface area (Å²) in [7, 11) is 1.77. The van der Waals surface area contributed by atoms with Gasteiger partial charge in [-0.3, -0.25) is 4.90 Å². The van der Waals surface area contributed by atoms with E-state index in [1.807, 2.05) is 0 Å². The zero-order chi connectivity index (χ0) is 11.3. The summed E-state index contributed by atoms with van der Waals surface area (Å²) in [5.74, 6) is 0.528. The van der Waals surface area contributed by atoms with Crippen molar-refractivity contribution in [2.45, 2.75) is 45.2 Å². The third kappa shape index (κ3) is 3.44. The van der Waals surface area contributed by atoms with Gasteiger partial charge in [0.05, 0.1) is 6.61 Å². The molecule has 0 bridgehead atoms. The molecule has 90 valence electrons. The van der Waals surface area contributed by atoms with E-state index in [4.69, 9.17) is 10.5 Å². The van der Waals surface area contributed by atoms with Gasteiger partial charge < -0.3 is 10.5 Å². The Morgan fingerprint density at radius 3 is 2.73 bits per heavy atom. The molecule has 15 heavy (non-hydrogen) atoms. The van der Waals surface area contributed by atoms with Gasteiger partial charge in [0, 0.05) is 25.7 Å². The van der Waals surface area contributed by atoms with Crippen LogP contribution >= 0.6 is 0 Å². The average molecular weight is 214 g/mol. The van der Waals surface area contributed by atoms with Crippen LogP contribution in [0.3, 0.4) is 0 Å². The Hall–Kier alpha value is -0.120. The first-order valence-corrected chi connectivity index (χ1v) is 6.15. The Labute approximate surface area is 94.0 Å². The number of nitrogens with zero attached hydrogens (tertiary/aromatic N) is 1. The number of piperidine rings is 1. The van der Waals surface area contributed by atoms with E-state index in [1.54, 1.807) is 7.11 Å². The van der Waals surface area contributed by atoms with Crippen molar-refractivity contribution in [3.8, 4) is 0 Å². The number of hydrogen-bond acceptors (Lipinski definition) is 3. The third-order valence-corrected chi connectivity index (χ3v) is 3.61. The highest BCUT2D eigenvalue weighted by Gasteiger charge is 2.28. The molecule has 0 saturated carbocycles. The molecule has 3 unspecified atom stereocenters. The molecule has 3 nitrogen and oxygen atoms in total. The molecule has 0 aromatic heterocycles. The van der Waals surface area contributed by atoms with E-state index in [9.17, 15) is 0 Å². The first-order valence-electron chi connectivity index (χ1n) is 6.15. The van der Waals surface area contributed by atoms with Crippen molar-refractivity contribution in [3.63, 3.8) is 0 Å². The predicted octanol–water partition coefficient (Wildman–Crippen LogP) is 1.47. The van der Waals surface area contributed by atoms with Crippen LogP contribution in [0.15, 0.2) is 0 Å². The lowest BCUT2D eigenvalue weighted by Gasteiger charge is -2.41. The minimum Gasteiger partial charge on any atom is -0.384 e. The zero-order valence-corrected chi connectivity index (χ0v) is 10.4. The minimum absolute atomic E-state index is 0.486. The van der Waals surface area contributed by atoms with E-state index in [0.29, 0.717) is 18.0 Å². The zero-order valence-electron chi connectivity index (χ0n) is 10.4. The first kappa shape index (κ1) is 12.9. The summed E-state index contributed by atoms with van der Waals surface area (Å²) in [6.07, 6.45) is 4.00. The quantitative estimate of drug-likeness (QED) is 0.753. The normalized spacial score (nSPS) is 27.6.